The molecule has 0 aromatic carbocycles. The first-order valence-electron chi connectivity index (χ1n) is 8.49. The molecule has 0 fully saturated rings. The van der Waals surface area contributed by atoms with Gasteiger partial charge in [0.25, 0.3) is 0 Å². The van der Waals surface area contributed by atoms with Crippen LogP contribution in [-0.2, 0) is 0 Å². The van der Waals surface area contributed by atoms with Gasteiger partial charge in [-0.2, -0.15) is 0 Å². The molecule has 0 aromatic heterocycles. The topological polar surface area (TPSA) is 3.24 Å². The maximum Gasteiger partial charge on any atom is -0.00219 e. The average Bonchev–Trinajstić information content (AvgIpc) is 2.39. The molecule has 0 spiro atoms. The summed E-state index contributed by atoms with van der Waals surface area (Å²) in [6.45, 7) is 7.00. The lowest BCUT2D eigenvalue weighted by Crippen LogP contribution is -2.18. The van der Waals surface area contributed by atoms with Crippen molar-refractivity contribution in [3.63, 3.8) is 0 Å². The summed E-state index contributed by atoms with van der Waals surface area (Å²) in [5, 5.41) is 0. The highest BCUT2D eigenvalue weighted by molar-refractivity contribution is 8.93. The van der Waals surface area contributed by atoms with E-state index >= 15 is 0 Å². The lowest BCUT2D eigenvalue weighted by atomic mass is 10.1. The monoisotopic (exact) mass is 335 g/mol. The molecular weight excluding hydrogens is 298 g/mol. The summed E-state index contributed by atoms with van der Waals surface area (Å²) in [5.74, 6) is 0. The van der Waals surface area contributed by atoms with Gasteiger partial charge < -0.3 is 4.90 Å². The number of hydrogen-bond donors (Lipinski definition) is 0. The van der Waals surface area contributed by atoms with E-state index in [1.165, 1.54) is 90.1 Å². The van der Waals surface area contributed by atoms with E-state index in [0.29, 0.717) is 0 Å². The van der Waals surface area contributed by atoms with Gasteiger partial charge in [0.05, 0.1) is 0 Å². The molecule has 0 aliphatic carbocycles. The SMILES string of the molecule is Br.CCCCCCCCCCCCCCN(C)CC. The third kappa shape index (κ3) is 18.4. The lowest BCUT2D eigenvalue weighted by Gasteiger charge is -2.12. The van der Waals surface area contributed by atoms with Crippen molar-refractivity contribution in [2.45, 2.75) is 90.9 Å². The largest absolute Gasteiger partial charge is 0.307 e. The first-order chi connectivity index (χ1) is 8.81. The molecule has 0 aromatic rings. The summed E-state index contributed by atoms with van der Waals surface area (Å²) in [6.07, 6.45) is 17.4. The van der Waals surface area contributed by atoms with E-state index in [2.05, 4.69) is 25.8 Å². The summed E-state index contributed by atoms with van der Waals surface area (Å²) < 4.78 is 0. The van der Waals surface area contributed by atoms with Gasteiger partial charge in [-0.05, 0) is 26.6 Å². The van der Waals surface area contributed by atoms with Crippen molar-refractivity contribution in [1.82, 2.24) is 4.90 Å². The van der Waals surface area contributed by atoms with Crippen LogP contribution in [0.4, 0.5) is 0 Å². The van der Waals surface area contributed by atoms with Crippen LogP contribution in [0, 0.1) is 0 Å². The van der Waals surface area contributed by atoms with Gasteiger partial charge in [-0.3, -0.25) is 0 Å². The smallest absolute Gasteiger partial charge is 0.00219 e. The predicted octanol–water partition coefficient (Wildman–Crippen LogP) is 6.22. The van der Waals surface area contributed by atoms with Gasteiger partial charge in [-0.15, -0.1) is 17.0 Å². The number of nitrogens with zero attached hydrogens (tertiary/aromatic N) is 1. The van der Waals surface area contributed by atoms with Crippen molar-refractivity contribution in [3.8, 4) is 0 Å². The molecule has 118 valence electrons. The first kappa shape index (κ1) is 21.7. The van der Waals surface area contributed by atoms with Crippen molar-refractivity contribution < 1.29 is 0 Å². The summed E-state index contributed by atoms with van der Waals surface area (Å²) >= 11 is 0. The van der Waals surface area contributed by atoms with Gasteiger partial charge in [-0.1, -0.05) is 84.5 Å². The van der Waals surface area contributed by atoms with Crippen molar-refractivity contribution in [3.05, 3.63) is 0 Å². The fourth-order valence-electron chi connectivity index (χ4n) is 2.38. The molecule has 0 saturated carbocycles. The Balaban J connectivity index is 0. The van der Waals surface area contributed by atoms with Crippen molar-refractivity contribution in [1.29, 1.82) is 0 Å². The Morgan fingerprint density at radius 1 is 0.579 bits per heavy atom. The zero-order valence-electron chi connectivity index (χ0n) is 13.8. The van der Waals surface area contributed by atoms with Crippen LogP contribution in [0.5, 0.6) is 0 Å². The average molecular weight is 336 g/mol. The fraction of sp³-hybridized carbons (Fsp3) is 1.00. The molecule has 0 amide bonds. The third-order valence-electron chi connectivity index (χ3n) is 3.93. The zero-order valence-corrected chi connectivity index (χ0v) is 15.5. The third-order valence-corrected chi connectivity index (χ3v) is 3.93. The molecule has 0 heterocycles. The van der Waals surface area contributed by atoms with Crippen LogP contribution < -0.4 is 0 Å². The molecule has 0 bridgehead atoms. The number of hydrogen-bond acceptors (Lipinski definition) is 1. The van der Waals surface area contributed by atoms with Gasteiger partial charge in [0.15, 0.2) is 0 Å². The Hall–Kier alpha value is 0.440. The minimum atomic E-state index is 0. The Morgan fingerprint density at radius 2 is 0.947 bits per heavy atom. The van der Waals surface area contributed by atoms with Crippen LogP contribution in [0.1, 0.15) is 90.9 Å². The highest BCUT2D eigenvalue weighted by Crippen LogP contribution is 2.11. The summed E-state index contributed by atoms with van der Waals surface area (Å²) in [6, 6.07) is 0. The van der Waals surface area contributed by atoms with Crippen LogP contribution in [0.15, 0.2) is 0 Å². The number of rotatable bonds is 14. The van der Waals surface area contributed by atoms with E-state index in [9.17, 15) is 0 Å². The lowest BCUT2D eigenvalue weighted by molar-refractivity contribution is 0.340. The summed E-state index contributed by atoms with van der Waals surface area (Å²) in [7, 11) is 2.22. The summed E-state index contributed by atoms with van der Waals surface area (Å²) in [5.41, 5.74) is 0. The van der Waals surface area contributed by atoms with E-state index < -0.39 is 0 Å². The Labute approximate surface area is 133 Å². The van der Waals surface area contributed by atoms with Gasteiger partial charge >= 0.3 is 0 Å². The van der Waals surface area contributed by atoms with Crippen LogP contribution >= 0.6 is 17.0 Å². The van der Waals surface area contributed by atoms with E-state index in [-0.39, 0.29) is 17.0 Å². The molecule has 1 nitrogen and oxygen atoms in total. The van der Waals surface area contributed by atoms with Crippen LogP contribution in [-0.4, -0.2) is 25.0 Å². The minimum absolute atomic E-state index is 0. The van der Waals surface area contributed by atoms with E-state index in [4.69, 9.17) is 0 Å². The number of halogens is 1. The molecule has 0 rings (SSSR count). The van der Waals surface area contributed by atoms with Crippen LogP contribution in [0.3, 0.4) is 0 Å². The van der Waals surface area contributed by atoms with Crippen LogP contribution in [0.2, 0.25) is 0 Å². The van der Waals surface area contributed by atoms with E-state index in [0.717, 1.165) is 0 Å². The standard InChI is InChI=1S/C17H37N.BrH/c1-4-6-7-8-9-10-11-12-13-14-15-16-17-18(3)5-2;/h4-17H2,1-3H3;1H. The normalized spacial score (nSPS) is 10.7. The number of unbranched alkanes of at least 4 members (excludes halogenated alkanes) is 11. The fourth-order valence-corrected chi connectivity index (χ4v) is 2.38. The van der Waals surface area contributed by atoms with Crippen molar-refractivity contribution in [2.24, 2.45) is 0 Å². The van der Waals surface area contributed by atoms with Crippen molar-refractivity contribution >= 4 is 17.0 Å². The second-order valence-electron chi connectivity index (χ2n) is 5.78. The Kier molecular flexibility index (Phi) is 21.1. The molecule has 19 heavy (non-hydrogen) atoms. The van der Waals surface area contributed by atoms with E-state index in [1.807, 2.05) is 0 Å². The molecular formula is C17H38BrN. The zero-order chi connectivity index (χ0) is 13.5. The van der Waals surface area contributed by atoms with E-state index in [1.54, 1.807) is 0 Å². The van der Waals surface area contributed by atoms with Gasteiger partial charge in [-0.25, -0.2) is 0 Å². The van der Waals surface area contributed by atoms with Crippen LogP contribution in [0.25, 0.3) is 0 Å². The molecule has 0 radical (unpaired) electrons. The second kappa shape index (κ2) is 18.4. The van der Waals surface area contributed by atoms with Gasteiger partial charge in [0, 0.05) is 0 Å². The first-order valence-corrected chi connectivity index (χ1v) is 8.49. The molecule has 0 N–H and O–H groups in total. The maximum absolute atomic E-state index is 2.41. The van der Waals surface area contributed by atoms with Gasteiger partial charge in [0.1, 0.15) is 0 Å². The quantitative estimate of drug-likeness (QED) is 0.341. The molecule has 0 atom stereocenters. The Bertz CT molecular complexity index is 150. The summed E-state index contributed by atoms with van der Waals surface area (Å²) in [4.78, 5) is 2.41. The van der Waals surface area contributed by atoms with Gasteiger partial charge in [0.2, 0.25) is 0 Å². The molecule has 0 unspecified atom stereocenters. The predicted molar refractivity (Wildman–Crippen MR) is 94.6 cm³/mol. The highest BCUT2D eigenvalue weighted by Gasteiger charge is 1.95. The maximum atomic E-state index is 2.41. The second-order valence-corrected chi connectivity index (χ2v) is 5.78. The molecule has 2 heteroatoms. The molecule has 0 aliphatic rings. The highest BCUT2D eigenvalue weighted by atomic mass is 79.9. The minimum Gasteiger partial charge on any atom is -0.307 e. The Morgan fingerprint density at radius 3 is 1.32 bits per heavy atom. The molecule has 0 saturated heterocycles. The molecule has 0 aliphatic heterocycles. The van der Waals surface area contributed by atoms with Crippen molar-refractivity contribution in [2.75, 3.05) is 20.1 Å².